The molecule has 1 atom stereocenters. The lowest BCUT2D eigenvalue weighted by Gasteiger charge is -2.41. The molecule has 1 aliphatic carbocycles. The monoisotopic (exact) mass is 444 g/mol. The van der Waals surface area contributed by atoms with Gasteiger partial charge in [-0.3, -0.25) is 14.2 Å². The van der Waals surface area contributed by atoms with Crippen LogP contribution < -0.4 is 9.80 Å². The first-order valence-electron chi connectivity index (χ1n) is 11.3. The van der Waals surface area contributed by atoms with E-state index in [9.17, 15) is 9.18 Å². The zero-order valence-corrected chi connectivity index (χ0v) is 18.9. The number of benzene rings is 2. The average Bonchev–Trinajstić information content (AvgIpc) is 3.43. The summed E-state index contributed by atoms with van der Waals surface area (Å²) in [5.41, 5.74) is 4.63. The van der Waals surface area contributed by atoms with E-state index in [4.69, 9.17) is 5.10 Å². The number of aryl methyl sites for hydroxylation is 1. The summed E-state index contributed by atoms with van der Waals surface area (Å²) in [6.45, 7) is 4.17. The summed E-state index contributed by atoms with van der Waals surface area (Å²) in [7, 11) is 1.86. The summed E-state index contributed by atoms with van der Waals surface area (Å²) in [5, 5.41) is 10.0. The maximum Gasteiger partial charge on any atom is 0.224 e. The van der Waals surface area contributed by atoms with Crippen LogP contribution in [0.1, 0.15) is 32.7 Å². The Hall–Kier alpha value is -3.68. The molecule has 0 bridgehead atoms. The molecule has 1 unspecified atom stereocenters. The van der Waals surface area contributed by atoms with Crippen molar-refractivity contribution in [1.82, 2.24) is 19.6 Å². The van der Waals surface area contributed by atoms with Crippen molar-refractivity contribution in [2.24, 2.45) is 7.05 Å². The Morgan fingerprint density at radius 3 is 2.67 bits per heavy atom. The number of fused-ring (bicyclic) bond motifs is 2. The Labute approximate surface area is 191 Å². The highest BCUT2D eigenvalue weighted by molar-refractivity contribution is 6.01. The van der Waals surface area contributed by atoms with Crippen molar-refractivity contribution in [2.45, 2.75) is 38.8 Å². The average molecular weight is 445 g/mol. The molecule has 2 aliphatic rings. The summed E-state index contributed by atoms with van der Waals surface area (Å²) in [6, 6.07) is 11.3. The quantitative estimate of drug-likeness (QED) is 0.455. The summed E-state index contributed by atoms with van der Waals surface area (Å²) in [6.07, 6.45) is 6.33. The van der Waals surface area contributed by atoms with Crippen molar-refractivity contribution in [3.63, 3.8) is 0 Å². The minimum Gasteiger partial charge on any atom is -0.320 e. The first-order chi connectivity index (χ1) is 15.9. The first-order valence-corrected chi connectivity index (χ1v) is 11.3. The lowest BCUT2D eigenvalue weighted by atomic mass is 10.0. The Balaban J connectivity index is 1.53. The van der Waals surface area contributed by atoms with Crippen LogP contribution in [-0.2, 0) is 11.8 Å². The van der Waals surface area contributed by atoms with Gasteiger partial charge in [-0.2, -0.15) is 10.2 Å². The number of amides is 1. The molecular weight excluding hydrogens is 419 g/mol. The van der Waals surface area contributed by atoms with Crippen LogP contribution in [0.15, 0.2) is 48.8 Å². The van der Waals surface area contributed by atoms with E-state index in [1.165, 1.54) is 25.0 Å². The maximum atomic E-state index is 14.2. The molecule has 1 fully saturated rings. The van der Waals surface area contributed by atoms with Crippen molar-refractivity contribution in [1.29, 1.82) is 0 Å². The van der Waals surface area contributed by atoms with Gasteiger partial charge in [0.15, 0.2) is 5.82 Å². The van der Waals surface area contributed by atoms with Gasteiger partial charge in [0.05, 0.1) is 35.2 Å². The van der Waals surface area contributed by atoms with Gasteiger partial charge in [-0.15, -0.1) is 0 Å². The summed E-state index contributed by atoms with van der Waals surface area (Å²) >= 11 is 0. The molecule has 4 aromatic rings. The smallest absolute Gasteiger partial charge is 0.224 e. The number of rotatable bonds is 3. The molecule has 168 valence electrons. The van der Waals surface area contributed by atoms with Gasteiger partial charge in [0.25, 0.3) is 0 Å². The number of aromatic nitrogens is 4. The molecule has 33 heavy (non-hydrogen) atoms. The highest BCUT2D eigenvalue weighted by Gasteiger charge is 2.34. The summed E-state index contributed by atoms with van der Waals surface area (Å²) in [5.74, 6) is 0.386. The topological polar surface area (TPSA) is 59.2 Å². The molecule has 8 heteroatoms. The molecule has 3 heterocycles. The van der Waals surface area contributed by atoms with Gasteiger partial charge in [-0.1, -0.05) is 6.07 Å². The first kappa shape index (κ1) is 20.0. The summed E-state index contributed by atoms with van der Waals surface area (Å²) < 4.78 is 18.0. The van der Waals surface area contributed by atoms with E-state index < -0.39 is 0 Å². The Kier molecular flexibility index (Phi) is 4.33. The van der Waals surface area contributed by atoms with Crippen molar-refractivity contribution < 1.29 is 9.18 Å². The van der Waals surface area contributed by atoms with Crippen molar-refractivity contribution in [2.75, 3.05) is 16.3 Å². The predicted octanol–water partition coefficient (Wildman–Crippen LogP) is 4.80. The third-order valence-electron chi connectivity index (χ3n) is 6.66. The standard InChI is InChI=1S/C25H25FN6O/c1-15-13-30(25-21-11-19(26)5-9-22(21)29(3)28-25)24-10-17(4-8-23(24)32(15)16(2)33)18-12-27-31(14-18)20-6-7-20/h4-5,8-12,14-15,20H,6-7,13H2,1-3H3. The molecule has 0 N–H and O–H groups in total. The van der Waals surface area contributed by atoms with E-state index in [1.807, 2.05) is 41.9 Å². The van der Waals surface area contributed by atoms with Gasteiger partial charge in [0, 0.05) is 37.7 Å². The van der Waals surface area contributed by atoms with E-state index >= 15 is 0 Å². The number of nitrogens with zero attached hydrogens (tertiary/aromatic N) is 6. The van der Waals surface area contributed by atoms with Gasteiger partial charge in [0.1, 0.15) is 5.82 Å². The second-order valence-electron chi connectivity index (χ2n) is 9.10. The van der Waals surface area contributed by atoms with E-state index in [2.05, 4.69) is 22.3 Å². The van der Waals surface area contributed by atoms with Crippen LogP contribution in [-0.4, -0.2) is 38.1 Å². The zero-order valence-electron chi connectivity index (χ0n) is 18.9. The Morgan fingerprint density at radius 1 is 1.09 bits per heavy atom. The van der Waals surface area contributed by atoms with Gasteiger partial charge < -0.3 is 9.80 Å². The third kappa shape index (κ3) is 3.20. The van der Waals surface area contributed by atoms with Gasteiger partial charge in [0.2, 0.25) is 5.91 Å². The van der Waals surface area contributed by atoms with Gasteiger partial charge >= 0.3 is 0 Å². The third-order valence-corrected chi connectivity index (χ3v) is 6.66. The molecule has 7 nitrogen and oxygen atoms in total. The fourth-order valence-corrected chi connectivity index (χ4v) is 4.93. The minimum absolute atomic E-state index is 0.00498. The SMILES string of the molecule is CC(=O)N1c2ccc(-c3cnn(C4CC4)c3)cc2N(c2nn(C)c3ccc(F)cc23)CC1C. The molecule has 0 spiro atoms. The Morgan fingerprint density at radius 2 is 1.91 bits per heavy atom. The molecule has 1 aliphatic heterocycles. The molecule has 2 aromatic heterocycles. The van der Waals surface area contributed by atoms with E-state index in [1.54, 1.807) is 17.7 Å². The molecule has 1 amide bonds. The molecule has 0 saturated heterocycles. The van der Waals surface area contributed by atoms with Crippen molar-refractivity contribution >= 4 is 34.0 Å². The largest absolute Gasteiger partial charge is 0.320 e. The highest BCUT2D eigenvalue weighted by atomic mass is 19.1. The van der Waals surface area contributed by atoms with Gasteiger partial charge in [-0.25, -0.2) is 4.39 Å². The zero-order chi connectivity index (χ0) is 22.9. The van der Waals surface area contributed by atoms with Gasteiger partial charge in [-0.05, 0) is 55.7 Å². The molecular formula is C25H25FN6O. The lowest BCUT2D eigenvalue weighted by Crippen LogP contribution is -2.48. The number of halogens is 1. The Bertz CT molecular complexity index is 1400. The van der Waals surface area contributed by atoms with Crippen LogP contribution in [0.25, 0.3) is 22.0 Å². The normalized spacial score (nSPS) is 18.1. The van der Waals surface area contributed by atoms with Crippen LogP contribution in [0.4, 0.5) is 21.6 Å². The fraction of sp³-hybridized carbons (Fsp3) is 0.320. The minimum atomic E-state index is -0.298. The number of hydrogen-bond acceptors (Lipinski definition) is 4. The lowest BCUT2D eigenvalue weighted by molar-refractivity contribution is -0.117. The second kappa shape index (κ2) is 7.16. The number of anilines is 3. The fourth-order valence-electron chi connectivity index (χ4n) is 4.93. The number of carbonyl (C=O) groups excluding carboxylic acids is 1. The van der Waals surface area contributed by atoms with Crippen molar-refractivity contribution in [3.8, 4) is 11.1 Å². The van der Waals surface area contributed by atoms with Crippen molar-refractivity contribution in [3.05, 3.63) is 54.6 Å². The van der Waals surface area contributed by atoms with Crippen LogP contribution in [0, 0.1) is 5.82 Å². The molecule has 1 saturated carbocycles. The van der Waals surface area contributed by atoms with Crippen LogP contribution in [0.2, 0.25) is 0 Å². The van der Waals surface area contributed by atoms with Crippen LogP contribution in [0.3, 0.4) is 0 Å². The van der Waals surface area contributed by atoms with E-state index in [0.29, 0.717) is 18.4 Å². The molecule has 6 rings (SSSR count). The summed E-state index contributed by atoms with van der Waals surface area (Å²) in [4.78, 5) is 16.5. The number of carbonyl (C=O) groups is 1. The van der Waals surface area contributed by atoms with Crippen LogP contribution >= 0.6 is 0 Å². The number of hydrogen-bond donors (Lipinski definition) is 0. The second-order valence-corrected chi connectivity index (χ2v) is 9.10. The molecule has 0 radical (unpaired) electrons. The van der Waals surface area contributed by atoms with E-state index in [-0.39, 0.29) is 17.8 Å². The predicted molar refractivity (Wildman–Crippen MR) is 126 cm³/mol. The van der Waals surface area contributed by atoms with Crippen LogP contribution in [0.5, 0.6) is 0 Å². The molecule has 2 aromatic carbocycles. The maximum absolute atomic E-state index is 14.2. The van der Waals surface area contributed by atoms with E-state index in [0.717, 1.165) is 33.4 Å². The highest BCUT2D eigenvalue weighted by Crippen LogP contribution is 2.44.